The minimum absolute atomic E-state index is 0.0876. The lowest BCUT2D eigenvalue weighted by molar-refractivity contribution is -0.137. The van der Waals surface area contributed by atoms with Crippen LogP contribution in [0.2, 0.25) is 5.02 Å². The van der Waals surface area contributed by atoms with Gasteiger partial charge < -0.3 is 5.73 Å². The molecule has 2 rings (SSSR count). The van der Waals surface area contributed by atoms with Crippen molar-refractivity contribution in [1.82, 2.24) is 0 Å². The second-order valence-corrected chi connectivity index (χ2v) is 5.44. The Labute approximate surface area is 120 Å². The van der Waals surface area contributed by atoms with Gasteiger partial charge in [-0.25, -0.2) is 4.99 Å². The number of rotatable bonds is 2. The van der Waals surface area contributed by atoms with Crippen LogP contribution in [-0.4, -0.2) is 5.84 Å². The van der Waals surface area contributed by atoms with E-state index >= 15 is 0 Å². The van der Waals surface area contributed by atoms with E-state index in [0.717, 1.165) is 37.8 Å². The molecule has 0 aromatic heterocycles. The molecule has 0 aliphatic heterocycles. The molecular weight excluding hydrogens is 289 g/mol. The Kier molecular flexibility index (Phi) is 4.58. The van der Waals surface area contributed by atoms with Crippen LogP contribution >= 0.6 is 11.6 Å². The summed E-state index contributed by atoms with van der Waals surface area (Å²) in [5, 5.41) is 0.178. The van der Waals surface area contributed by atoms with E-state index in [0.29, 0.717) is 5.84 Å². The first-order valence-electron chi connectivity index (χ1n) is 6.59. The van der Waals surface area contributed by atoms with Crippen molar-refractivity contribution in [3.63, 3.8) is 0 Å². The van der Waals surface area contributed by atoms with E-state index in [4.69, 9.17) is 17.3 Å². The molecule has 1 aliphatic carbocycles. The zero-order valence-electron chi connectivity index (χ0n) is 10.9. The Balaban J connectivity index is 2.27. The molecule has 0 heterocycles. The standard InChI is InChI=1S/C14H16ClF3N2/c15-11-7-6-10(14(16,17)18)8-12(11)20-13(19)9-4-2-1-3-5-9/h6-9H,1-5H2,(H2,19,20). The van der Waals surface area contributed by atoms with Gasteiger partial charge in [-0.3, -0.25) is 0 Å². The maximum Gasteiger partial charge on any atom is 0.416 e. The Morgan fingerprint density at radius 1 is 1.20 bits per heavy atom. The molecule has 20 heavy (non-hydrogen) atoms. The van der Waals surface area contributed by atoms with Crippen molar-refractivity contribution in [3.8, 4) is 0 Å². The highest BCUT2D eigenvalue weighted by Crippen LogP contribution is 2.35. The first-order valence-corrected chi connectivity index (χ1v) is 6.96. The molecule has 0 saturated heterocycles. The van der Waals surface area contributed by atoms with Crippen LogP contribution in [-0.2, 0) is 6.18 Å². The average molecular weight is 305 g/mol. The average Bonchev–Trinajstić information content (AvgIpc) is 2.41. The second kappa shape index (κ2) is 6.04. The van der Waals surface area contributed by atoms with Crippen LogP contribution in [0.1, 0.15) is 37.7 Å². The summed E-state index contributed by atoms with van der Waals surface area (Å²) in [6.45, 7) is 0. The number of nitrogens with zero attached hydrogens (tertiary/aromatic N) is 1. The van der Waals surface area contributed by atoms with Gasteiger partial charge in [-0.15, -0.1) is 0 Å². The molecule has 0 bridgehead atoms. The zero-order valence-corrected chi connectivity index (χ0v) is 11.6. The normalized spacial score (nSPS) is 18.3. The third-order valence-electron chi connectivity index (χ3n) is 3.55. The van der Waals surface area contributed by atoms with Gasteiger partial charge in [-0.2, -0.15) is 13.2 Å². The van der Waals surface area contributed by atoms with Crippen molar-refractivity contribution in [1.29, 1.82) is 0 Å². The van der Waals surface area contributed by atoms with Gasteiger partial charge in [0.25, 0.3) is 0 Å². The van der Waals surface area contributed by atoms with E-state index in [9.17, 15) is 13.2 Å². The third-order valence-corrected chi connectivity index (χ3v) is 3.87. The summed E-state index contributed by atoms with van der Waals surface area (Å²) in [6.07, 6.45) is 0.800. The fourth-order valence-corrected chi connectivity index (χ4v) is 2.56. The number of amidine groups is 1. The van der Waals surface area contributed by atoms with Crippen LogP contribution in [0.15, 0.2) is 23.2 Å². The zero-order chi connectivity index (χ0) is 14.8. The number of aliphatic imine (C=N–C) groups is 1. The number of halogens is 4. The van der Waals surface area contributed by atoms with Crippen LogP contribution in [0.5, 0.6) is 0 Å². The molecule has 0 radical (unpaired) electrons. The summed E-state index contributed by atoms with van der Waals surface area (Å²) < 4.78 is 38.0. The van der Waals surface area contributed by atoms with Crippen molar-refractivity contribution >= 4 is 23.1 Å². The Morgan fingerprint density at radius 2 is 1.85 bits per heavy atom. The predicted molar refractivity (Wildman–Crippen MR) is 74.3 cm³/mol. The highest BCUT2D eigenvalue weighted by Gasteiger charge is 2.31. The molecule has 0 amide bonds. The minimum atomic E-state index is -4.41. The van der Waals surface area contributed by atoms with Crippen molar-refractivity contribution in [2.75, 3.05) is 0 Å². The highest BCUT2D eigenvalue weighted by atomic mass is 35.5. The Morgan fingerprint density at radius 3 is 2.45 bits per heavy atom. The molecule has 0 unspecified atom stereocenters. The maximum atomic E-state index is 12.7. The molecule has 0 atom stereocenters. The molecule has 1 saturated carbocycles. The molecule has 1 aliphatic rings. The molecule has 6 heteroatoms. The lowest BCUT2D eigenvalue weighted by Crippen LogP contribution is -2.25. The van der Waals surface area contributed by atoms with E-state index in [2.05, 4.69) is 4.99 Å². The fraction of sp³-hybridized carbons (Fsp3) is 0.500. The van der Waals surface area contributed by atoms with Gasteiger partial charge in [0.15, 0.2) is 0 Å². The van der Waals surface area contributed by atoms with Crippen LogP contribution in [0.3, 0.4) is 0 Å². The van der Waals surface area contributed by atoms with E-state index in [1.54, 1.807) is 0 Å². The van der Waals surface area contributed by atoms with Gasteiger partial charge >= 0.3 is 6.18 Å². The van der Waals surface area contributed by atoms with Crippen LogP contribution in [0, 0.1) is 5.92 Å². The molecule has 2 nitrogen and oxygen atoms in total. The summed E-state index contributed by atoms with van der Waals surface area (Å²) in [4.78, 5) is 4.12. The molecular formula is C14H16ClF3N2. The SMILES string of the molecule is NC(=Nc1cc(C(F)(F)F)ccc1Cl)C1CCCCC1. The molecule has 110 valence electrons. The maximum absolute atomic E-state index is 12.7. The molecule has 0 spiro atoms. The van der Waals surface area contributed by atoms with Crippen molar-refractivity contribution in [2.45, 2.75) is 38.3 Å². The van der Waals surface area contributed by atoms with E-state index in [1.165, 1.54) is 12.5 Å². The molecule has 1 fully saturated rings. The van der Waals surface area contributed by atoms with Crippen molar-refractivity contribution in [2.24, 2.45) is 16.6 Å². The summed E-state index contributed by atoms with van der Waals surface area (Å²) in [6, 6.07) is 3.09. The van der Waals surface area contributed by atoms with E-state index < -0.39 is 11.7 Å². The fourth-order valence-electron chi connectivity index (χ4n) is 2.40. The Bertz CT molecular complexity index is 506. The minimum Gasteiger partial charge on any atom is -0.387 e. The molecule has 1 aromatic rings. The monoisotopic (exact) mass is 304 g/mol. The largest absolute Gasteiger partial charge is 0.416 e. The molecule has 2 N–H and O–H groups in total. The molecule has 1 aromatic carbocycles. The topological polar surface area (TPSA) is 38.4 Å². The number of hydrogen-bond donors (Lipinski definition) is 1. The highest BCUT2D eigenvalue weighted by molar-refractivity contribution is 6.33. The first kappa shape index (κ1) is 15.2. The van der Waals surface area contributed by atoms with Crippen LogP contribution < -0.4 is 5.73 Å². The lowest BCUT2D eigenvalue weighted by Gasteiger charge is -2.21. The van der Waals surface area contributed by atoms with Gasteiger partial charge in [0.05, 0.1) is 16.3 Å². The number of nitrogens with two attached hydrogens (primary N) is 1. The van der Waals surface area contributed by atoms with Gasteiger partial charge in [0.1, 0.15) is 5.84 Å². The lowest BCUT2D eigenvalue weighted by atomic mass is 9.88. The van der Waals surface area contributed by atoms with E-state index in [-0.39, 0.29) is 16.6 Å². The van der Waals surface area contributed by atoms with Crippen molar-refractivity contribution < 1.29 is 13.2 Å². The second-order valence-electron chi connectivity index (χ2n) is 5.04. The van der Waals surface area contributed by atoms with Gasteiger partial charge in [0, 0.05) is 5.92 Å². The number of benzene rings is 1. The Hall–Kier alpha value is -1.23. The van der Waals surface area contributed by atoms with Gasteiger partial charge in [-0.05, 0) is 31.0 Å². The quantitative estimate of drug-likeness (QED) is 0.610. The first-order chi connectivity index (χ1) is 9.38. The van der Waals surface area contributed by atoms with Gasteiger partial charge in [0.2, 0.25) is 0 Å². The van der Waals surface area contributed by atoms with Crippen LogP contribution in [0.4, 0.5) is 18.9 Å². The van der Waals surface area contributed by atoms with E-state index in [1.807, 2.05) is 0 Å². The predicted octanol–water partition coefficient (Wildman–Crippen LogP) is 4.93. The smallest absolute Gasteiger partial charge is 0.387 e. The third kappa shape index (κ3) is 3.66. The van der Waals surface area contributed by atoms with Crippen molar-refractivity contribution in [3.05, 3.63) is 28.8 Å². The van der Waals surface area contributed by atoms with Gasteiger partial charge in [-0.1, -0.05) is 30.9 Å². The summed E-state index contributed by atoms with van der Waals surface area (Å²) >= 11 is 5.90. The van der Waals surface area contributed by atoms with Crippen LogP contribution in [0.25, 0.3) is 0 Å². The summed E-state index contributed by atoms with van der Waals surface area (Å²) in [5.41, 5.74) is 5.24. The summed E-state index contributed by atoms with van der Waals surface area (Å²) in [5.74, 6) is 0.528. The number of alkyl halides is 3. The number of hydrogen-bond acceptors (Lipinski definition) is 1. The summed E-state index contributed by atoms with van der Waals surface area (Å²) in [7, 11) is 0.